The molecule has 0 amide bonds. The molecule has 0 radical (unpaired) electrons. The van der Waals surface area contributed by atoms with Crippen molar-refractivity contribution in [1.29, 1.82) is 0 Å². The van der Waals surface area contributed by atoms with E-state index in [1.54, 1.807) is 24.6 Å². The molecule has 2 aromatic heterocycles. The van der Waals surface area contributed by atoms with Crippen molar-refractivity contribution in [2.75, 3.05) is 25.1 Å². The average molecular weight is 407 g/mol. The molecule has 1 fully saturated rings. The Morgan fingerprint density at radius 1 is 1.12 bits per heavy atom. The van der Waals surface area contributed by atoms with E-state index < -0.39 is 0 Å². The topological polar surface area (TPSA) is 51.1 Å². The molecule has 1 aliphatic heterocycles. The van der Waals surface area contributed by atoms with E-state index >= 15 is 0 Å². The second-order valence-corrected chi connectivity index (χ2v) is 7.65. The SMILES string of the molecule is COc1cc(-c2nc(N3CCCC3)sc2-c2ccnc(Cl)n2)ccc1Cl. The molecule has 5 nitrogen and oxygen atoms in total. The summed E-state index contributed by atoms with van der Waals surface area (Å²) >= 11 is 13.8. The average Bonchev–Trinajstić information content (AvgIpc) is 3.32. The third-order valence-electron chi connectivity index (χ3n) is 4.28. The number of aromatic nitrogens is 3. The molecule has 1 aliphatic rings. The molecule has 134 valence electrons. The summed E-state index contributed by atoms with van der Waals surface area (Å²) in [5.74, 6) is 0.617. The van der Waals surface area contributed by atoms with Gasteiger partial charge in [-0.15, -0.1) is 0 Å². The lowest BCUT2D eigenvalue weighted by molar-refractivity contribution is 0.415. The fourth-order valence-corrected chi connectivity index (χ4v) is 4.44. The Bertz CT molecular complexity index is 941. The summed E-state index contributed by atoms with van der Waals surface area (Å²) in [6.45, 7) is 2.06. The number of methoxy groups -OCH3 is 1. The summed E-state index contributed by atoms with van der Waals surface area (Å²) in [5.41, 5.74) is 2.54. The predicted octanol–water partition coefficient (Wildman–Crippen LogP) is 5.18. The molecule has 0 N–H and O–H groups in total. The van der Waals surface area contributed by atoms with Crippen molar-refractivity contribution in [3.63, 3.8) is 0 Å². The normalized spacial score (nSPS) is 14.0. The minimum Gasteiger partial charge on any atom is -0.495 e. The largest absolute Gasteiger partial charge is 0.495 e. The molecule has 0 spiro atoms. The van der Waals surface area contributed by atoms with Gasteiger partial charge in [0.25, 0.3) is 0 Å². The second kappa shape index (κ2) is 7.39. The van der Waals surface area contributed by atoms with Crippen LogP contribution in [0.3, 0.4) is 0 Å². The zero-order valence-electron chi connectivity index (χ0n) is 14.1. The molecule has 1 aromatic carbocycles. The van der Waals surface area contributed by atoms with Crippen LogP contribution in [0.25, 0.3) is 21.8 Å². The van der Waals surface area contributed by atoms with Gasteiger partial charge < -0.3 is 9.64 Å². The molecular weight excluding hydrogens is 391 g/mol. The Morgan fingerprint density at radius 2 is 1.92 bits per heavy atom. The summed E-state index contributed by atoms with van der Waals surface area (Å²) in [4.78, 5) is 16.5. The van der Waals surface area contributed by atoms with E-state index in [1.807, 2.05) is 24.3 Å². The molecule has 4 rings (SSSR count). The summed E-state index contributed by atoms with van der Waals surface area (Å²) in [6, 6.07) is 7.52. The zero-order chi connectivity index (χ0) is 18.1. The molecule has 26 heavy (non-hydrogen) atoms. The van der Waals surface area contributed by atoms with Crippen molar-refractivity contribution in [2.24, 2.45) is 0 Å². The van der Waals surface area contributed by atoms with Gasteiger partial charge in [-0.25, -0.2) is 15.0 Å². The number of halogens is 2. The third kappa shape index (κ3) is 3.37. The Hall–Kier alpha value is -1.89. The van der Waals surface area contributed by atoms with E-state index in [-0.39, 0.29) is 5.28 Å². The smallest absolute Gasteiger partial charge is 0.222 e. The molecule has 8 heteroatoms. The fourth-order valence-electron chi connectivity index (χ4n) is 2.99. The molecule has 0 aliphatic carbocycles. The van der Waals surface area contributed by atoms with E-state index in [9.17, 15) is 0 Å². The molecule has 0 bridgehead atoms. The van der Waals surface area contributed by atoms with Crippen molar-refractivity contribution >= 4 is 39.7 Å². The highest BCUT2D eigenvalue weighted by atomic mass is 35.5. The predicted molar refractivity (Wildman–Crippen MR) is 107 cm³/mol. The maximum atomic E-state index is 6.18. The number of anilines is 1. The minimum absolute atomic E-state index is 0.221. The van der Waals surface area contributed by atoms with E-state index in [4.69, 9.17) is 32.9 Å². The van der Waals surface area contributed by atoms with Gasteiger partial charge in [0.15, 0.2) is 5.13 Å². The van der Waals surface area contributed by atoms with Crippen molar-refractivity contribution in [3.8, 4) is 27.6 Å². The lowest BCUT2D eigenvalue weighted by Crippen LogP contribution is -2.17. The van der Waals surface area contributed by atoms with Gasteiger partial charge in [0.1, 0.15) is 5.75 Å². The summed E-state index contributed by atoms with van der Waals surface area (Å²) in [5, 5.41) is 1.78. The van der Waals surface area contributed by atoms with Gasteiger partial charge in [-0.3, -0.25) is 0 Å². The molecule has 0 saturated carbocycles. The quantitative estimate of drug-likeness (QED) is 0.558. The van der Waals surface area contributed by atoms with Crippen LogP contribution in [0, 0.1) is 0 Å². The van der Waals surface area contributed by atoms with Gasteiger partial charge in [0.2, 0.25) is 5.28 Å². The van der Waals surface area contributed by atoms with Gasteiger partial charge in [0, 0.05) is 24.8 Å². The van der Waals surface area contributed by atoms with E-state index in [1.165, 1.54) is 12.8 Å². The number of nitrogens with zero attached hydrogens (tertiary/aromatic N) is 4. The summed E-state index contributed by atoms with van der Waals surface area (Å²) in [7, 11) is 1.60. The number of hydrogen-bond donors (Lipinski definition) is 0. The van der Waals surface area contributed by atoms with Gasteiger partial charge in [-0.1, -0.05) is 29.0 Å². The minimum atomic E-state index is 0.221. The number of ether oxygens (including phenoxy) is 1. The second-order valence-electron chi connectivity index (χ2n) is 5.93. The van der Waals surface area contributed by atoms with Crippen LogP contribution < -0.4 is 9.64 Å². The Labute approximate surface area is 165 Å². The van der Waals surface area contributed by atoms with Crippen molar-refractivity contribution in [1.82, 2.24) is 15.0 Å². The van der Waals surface area contributed by atoms with Crippen LogP contribution in [0.15, 0.2) is 30.5 Å². The van der Waals surface area contributed by atoms with Crippen molar-refractivity contribution < 1.29 is 4.74 Å². The summed E-state index contributed by atoms with van der Waals surface area (Å²) < 4.78 is 5.36. The van der Waals surface area contributed by atoms with Crippen LogP contribution in [0.5, 0.6) is 5.75 Å². The summed E-state index contributed by atoms with van der Waals surface area (Å²) in [6.07, 6.45) is 4.04. The number of rotatable bonds is 4. The zero-order valence-corrected chi connectivity index (χ0v) is 16.4. The lowest BCUT2D eigenvalue weighted by atomic mass is 10.1. The van der Waals surface area contributed by atoms with Crippen LogP contribution in [0.2, 0.25) is 10.3 Å². The fraction of sp³-hybridized carbons (Fsp3) is 0.278. The van der Waals surface area contributed by atoms with Crippen LogP contribution in [0.1, 0.15) is 12.8 Å². The van der Waals surface area contributed by atoms with Crippen LogP contribution in [-0.2, 0) is 0 Å². The number of thiazole rings is 1. The van der Waals surface area contributed by atoms with Gasteiger partial charge in [-0.2, -0.15) is 0 Å². The lowest BCUT2D eigenvalue weighted by Gasteiger charge is -2.12. The highest BCUT2D eigenvalue weighted by molar-refractivity contribution is 7.19. The maximum Gasteiger partial charge on any atom is 0.222 e. The van der Waals surface area contributed by atoms with Crippen molar-refractivity contribution in [2.45, 2.75) is 12.8 Å². The van der Waals surface area contributed by atoms with E-state index in [0.717, 1.165) is 40.0 Å². The van der Waals surface area contributed by atoms with Gasteiger partial charge in [0.05, 0.1) is 28.4 Å². The molecule has 1 saturated heterocycles. The molecule has 3 aromatic rings. The highest BCUT2D eigenvalue weighted by Crippen LogP contribution is 2.42. The van der Waals surface area contributed by atoms with Crippen LogP contribution >= 0.6 is 34.5 Å². The first-order chi connectivity index (χ1) is 12.7. The highest BCUT2D eigenvalue weighted by Gasteiger charge is 2.22. The monoisotopic (exact) mass is 406 g/mol. The molecule has 0 atom stereocenters. The van der Waals surface area contributed by atoms with Gasteiger partial charge in [-0.05, 0) is 42.6 Å². The number of hydrogen-bond acceptors (Lipinski definition) is 6. The van der Waals surface area contributed by atoms with Crippen LogP contribution in [0.4, 0.5) is 5.13 Å². The molecule has 0 unspecified atom stereocenters. The van der Waals surface area contributed by atoms with Gasteiger partial charge >= 0.3 is 0 Å². The third-order valence-corrected chi connectivity index (χ3v) is 5.91. The van der Waals surface area contributed by atoms with Crippen LogP contribution in [-0.4, -0.2) is 35.2 Å². The Morgan fingerprint density at radius 3 is 2.65 bits per heavy atom. The maximum absolute atomic E-state index is 6.18. The first-order valence-electron chi connectivity index (χ1n) is 8.24. The van der Waals surface area contributed by atoms with E-state index in [2.05, 4.69) is 14.9 Å². The standard InChI is InChI=1S/C18H16Cl2N4OS/c1-25-14-10-11(4-5-12(14)19)15-16(13-6-7-21-17(20)22-13)26-18(23-15)24-8-2-3-9-24/h4-7,10H,2-3,8-9H2,1H3. The first-order valence-corrected chi connectivity index (χ1v) is 9.81. The first kappa shape index (κ1) is 17.5. The Kier molecular flexibility index (Phi) is 4.98. The van der Waals surface area contributed by atoms with Crippen molar-refractivity contribution in [3.05, 3.63) is 40.8 Å². The number of benzene rings is 1. The Balaban J connectivity index is 1.86. The van der Waals surface area contributed by atoms with E-state index in [0.29, 0.717) is 10.8 Å². The molecular formula is C18H16Cl2N4OS. The molecule has 3 heterocycles.